The van der Waals surface area contributed by atoms with Crippen molar-refractivity contribution in [3.63, 3.8) is 0 Å². The molecule has 4 nitrogen and oxygen atoms in total. The third kappa shape index (κ3) is 5.92. The molecule has 0 aliphatic rings. The van der Waals surface area contributed by atoms with Crippen LogP contribution in [0.2, 0.25) is 0 Å². The second kappa shape index (κ2) is 9.78. The van der Waals surface area contributed by atoms with Crippen molar-refractivity contribution in [1.29, 1.82) is 0 Å². The number of hydrogen-bond acceptors (Lipinski definition) is 3. The summed E-state index contributed by atoms with van der Waals surface area (Å²) in [7, 11) is 1.78. The maximum Gasteiger partial charge on any atom is 0.191 e. The van der Waals surface area contributed by atoms with Gasteiger partial charge in [-0.2, -0.15) is 0 Å². The van der Waals surface area contributed by atoms with Gasteiger partial charge in [-0.15, -0.1) is 35.3 Å². The van der Waals surface area contributed by atoms with Crippen molar-refractivity contribution >= 4 is 41.3 Å². The third-order valence-electron chi connectivity index (χ3n) is 2.93. The van der Waals surface area contributed by atoms with E-state index in [1.54, 1.807) is 18.4 Å². The second-order valence-electron chi connectivity index (χ2n) is 5.19. The molecule has 0 spiro atoms. The molecule has 0 atom stereocenters. The molecule has 6 heteroatoms. The minimum absolute atomic E-state index is 0. The predicted molar refractivity (Wildman–Crippen MR) is 106 cm³/mol. The van der Waals surface area contributed by atoms with Gasteiger partial charge in [-0.1, -0.05) is 44.2 Å². The molecule has 2 aromatic rings. The predicted octanol–water partition coefficient (Wildman–Crippen LogP) is 3.75. The second-order valence-corrected chi connectivity index (χ2v) is 6.14. The number of nitrogens with zero attached hydrogens (tertiary/aromatic N) is 2. The van der Waals surface area contributed by atoms with Gasteiger partial charge < -0.3 is 10.6 Å². The van der Waals surface area contributed by atoms with E-state index >= 15 is 0 Å². The Hall–Kier alpha value is -1.15. The summed E-state index contributed by atoms with van der Waals surface area (Å²) in [6, 6.07) is 10.2. The zero-order chi connectivity index (χ0) is 15.1. The number of rotatable bonds is 5. The molecule has 0 bridgehead atoms. The third-order valence-corrected chi connectivity index (χ3v) is 3.78. The molecule has 1 aromatic carbocycles. The maximum absolute atomic E-state index is 4.66. The molecule has 0 saturated heterocycles. The van der Waals surface area contributed by atoms with Crippen LogP contribution in [0.3, 0.4) is 0 Å². The number of nitrogens with one attached hydrogen (secondary N) is 2. The SMILES string of the molecule is CN=C(NCc1nc(-c2ccccc2)cs1)NCC(C)C.I. The fourth-order valence-electron chi connectivity index (χ4n) is 1.81. The zero-order valence-electron chi connectivity index (χ0n) is 13.2. The van der Waals surface area contributed by atoms with Gasteiger partial charge >= 0.3 is 0 Å². The van der Waals surface area contributed by atoms with Crippen LogP contribution in [0.25, 0.3) is 11.3 Å². The maximum atomic E-state index is 4.66. The lowest BCUT2D eigenvalue weighted by Crippen LogP contribution is -2.38. The van der Waals surface area contributed by atoms with Crippen molar-refractivity contribution in [2.24, 2.45) is 10.9 Å². The van der Waals surface area contributed by atoms with E-state index in [4.69, 9.17) is 0 Å². The molecule has 0 saturated carbocycles. The van der Waals surface area contributed by atoms with Gasteiger partial charge in [-0.25, -0.2) is 4.98 Å². The van der Waals surface area contributed by atoms with Crippen molar-refractivity contribution < 1.29 is 0 Å². The van der Waals surface area contributed by atoms with E-state index in [-0.39, 0.29) is 24.0 Å². The smallest absolute Gasteiger partial charge is 0.191 e. The molecule has 0 unspecified atom stereocenters. The van der Waals surface area contributed by atoms with E-state index in [9.17, 15) is 0 Å². The number of aromatic nitrogens is 1. The molecule has 0 amide bonds. The van der Waals surface area contributed by atoms with Crippen LogP contribution < -0.4 is 10.6 Å². The van der Waals surface area contributed by atoms with Crippen molar-refractivity contribution in [2.75, 3.05) is 13.6 Å². The number of aliphatic imine (C=N–C) groups is 1. The Morgan fingerprint density at radius 1 is 1.23 bits per heavy atom. The fraction of sp³-hybridized carbons (Fsp3) is 0.375. The molecule has 0 fully saturated rings. The van der Waals surface area contributed by atoms with Crippen LogP contribution in [0.5, 0.6) is 0 Å². The molecular formula is C16H23IN4S. The largest absolute Gasteiger partial charge is 0.356 e. The Balaban J connectivity index is 0.00000242. The molecule has 0 aliphatic heterocycles. The summed E-state index contributed by atoms with van der Waals surface area (Å²) < 4.78 is 0. The van der Waals surface area contributed by atoms with E-state index < -0.39 is 0 Å². The quantitative estimate of drug-likeness (QED) is 0.432. The summed E-state index contributed by atoms with van der Waals surface area (Å²) in [6.45, 7) is 5.95. The standard InChI is InChI=1S/C16H22N4S.HI/c1-12(2)9-18-16(17-3)19-10-15-20-14(11-21-15)13-7-5-4-6-8-13;/h4-8,11-12H,9-10H2,1-3H3,(H2,17,18,19);1H. The van der Waals surface area contributed by atoms with Crippen LogP contribution >= 0.6 is 35.3 Å². The fourth-order valence-corrected chi connectivity index (χ4v) is 2.56. The highest BCUT2D eigenvalue weighted by Gasteiger charge is 2.05. The lowest BCUT2D eigenvalue weighted by molar-refractivity contribution is 0.614. The van der Waals surface area contributed by atoms with Crippen LogP contribution in [0, 0.1) is 5.92 Å². The highest BCUT2D eigenvalue weighted by molar-refractivity contribution is 14.0. The van der Waals surface area contributed by atoms with Crippen molar-refractivity contribution in [3.05, 3.63) is 40.7 Å². The first-order valence-electron chi connectivity index (χ1n) is 7.13. The monoisotopic (exact) mass is 430 g/mol. The molecular weight excluding hydrogens is 407 g/mol. The number of halogens is 1. The highest BCUT2D eigenvalue weighted by atomic mass is 127. The molecule has 0 aliphatic carbocycles. The number of hydrogen-bond donors (Lipinski definition) is 2. The van der Waals surface area contributed by atoms with Gasteiger partial charge in [0.25, 0.3) is 0 Å². The van der Waals surface area contributed by atoms with Gasteiger partial charge in [0.05, 0.1) is 12.2 Å². The van der Waals surface area contributed by atoms with Crippen LogP contribution in [0.1, 0.15) is 18.9 Å². The molecule has 2 N–H and O–H groups in total. The van der Waals surface area contributed by atoms with Crippen LogP contribution in [-0.2, 0) is 6.54 Å². The minimum Gasteiger partial charge on any atom is -0.356 e. The lowest BCUT2D eigenvalue weighted by atomic mass is 10.2. The van der Waals surface area contributed by atoms with Gasteiger partial charge in [-0.05, 0) is 5.92 Å². The van der Waals surface area contributed by atoms with Crippen molar-refractivity contribution in [1.82, 2.24) is 15.6 Å². The number of thiazole rings is 1. The van der Waals surface area contributed by atoms with Gasteiger partial charge in [-0.3, -0.25) is 4.99 Å². The van der Waals surface area contributed by atoms with Crippen molar-refractivity contribution in [3.8, 4) is 11.3 Å². The van der Waals surface area contributed by atoms with E-state index in [0.717, 1.165) is 28.8 Å². The first-order chi connectivity index (χ1) is 10.2. The first-order valence-corrected chi connectivity index (χ1v) is 8.01. The van der Waals surface area contributed by atoms with E-state index in [2.05, 4.69) is 52.0 Å². The molecule has 120 valence electrons. The molecule has 2 rings (SSSR count). The minimum atomic E-state index is 0. The molecule has 1 heterocycles. The van der Waals surface area contributed by atoms with Crippen LogP contribution in [0.15, 0.2) is 40.7 Å². The summed E-state index contributed by atoms with van der Waals surface area (Å²) in [6.07, 6.45) is 0. The topological polar surface area (TPSA) is 49.3 Å². The van der Waals surface area contributed by atoms with Gasteiger partial charge in [0, 0.05) is 24.5 Å². The lowest BCUT2D eigenvalue weighted by Gasteiger charge is -2.12. The Kier molecular flexibility index (Phi) is 8.40. The van der Waals surface area contributed by atoms with Gasteiger partial charge in [0.2, 0.25) is 0 Å². The molecule has 22 heavy (non-hydrogen) atoms. The Morgan fingerprint density at radius 2 is 1.95 bits per heavy atom. The molecule has 1 aromatic heterocycles. The number of guanidine groups is 1. The average Bonchev–Trinajstić information content (AvgIpc) is 2.97. The summed E-state index contributed by atoms with van der Waals surface area (Å²) in [5, 5.41) is 9.74. The Bertz CT molecular complexity index is 581. The summed E-state index contributed by atoms with van der Waals surface area (Å²) in [5.74, 6) is 1.41. The van der Waals surface area contributed by atoms with Crippen LogP contribution in [-0.4, -0.2) is 24.5 Å². The first kappa shape index (κ1) is 18.9. The summed E-state index contributed by atoms with van der Waals surface area (Å²) in [5.41, 5.74) is 2.19. The van der Waals surface area contributed by atoms with Crippen molar-refractivity contribution in [2.45, 2.75) is 20.4 Å². The molecule has 0 radical (unpaired) electrons. The van der Waals surface area contributed by atoms with Gasteiger partial charge in [0.15, 0.2) is 5.96 Å². The summed E-state index contributed by atoms with van der Waals surface area (Å²) >= 11 is 1.66. The Morgan fingerprint density at radius 3 is 2.59 bits per heavy atom. The zero-order valence-corrected chi connectivity index (χ0v) is 16.3. The normalized spacial score (nSPS) is 11.2. The average molecular weight is 430 g/mol. The highest BCUT2D eigenvalue weighted by Crippen LogP contribution is 2.21. The van der Waals surface area contributed by atoms with Crippen LogP contribution in [0.4, 0.5) is 0 Å². The van der Waals surface area contributed by atoms with E-state index in [1.165, 1.54) is 0 Å². The Labute approximate surface area is 153 Å². The summed E-state index contributed by atoms with van der Waals surface area (Å²) in [4.78, 5) is 8.87. The number of benzene rings is 1. The van der Waals surface area contributed by atoms with Gasteiger partial charge in [0.1, 0.15) is 5.01 Å². The van der Waals surface area contributed by atoms with E-state index in [0.29, 0.717) is 12.5 Å². The van der Waals surface area contributed by atoms with E-state index in [1.807, 2.05) is 18.2 Å².